The van der Waals surface area contributed by atoms with Gasteiger partial charge in [-0.15, -0.1) is 0 Å². The first kappa shape index (κ1) is 13.8. The van der Waals surface area contributed by atoms with Crippen molar-refractivity contribution in [2.24, 2.45) is 0 Å². The third-order valence-corrected chi connectivity index (χ3v) is 2.72. The Hall–Kier alpha value is -2.62. The van der Waals surface area contributed by atoms with E-state index < -0.39 is 5.97 Å². The number of hydrogen-bond donors (Lipinski definition) is 1. The highest BCUT2D eigenvalue weighted by Gasteiger charge is 2.01. The van der Waals surface area contributed by atoms with Crippen molar-refractivity contribution < 1.29 is 14.6 Å². The van der Waals surface area contributed by atoms with E-state index in [4.69, 9.17) is 9.84 Å². The molecule has 1 aromatic carbocycles. The molecule has 0 amide bonds. The van der Waals surface area contributed by atoms with Crippen molar-refractivity contribution in [3.8, 4) is 11.5 Å². The molecule has 0 unspecified atom stereocenters. The zero-order chi connectivity index (χ0) is 14.5. The van der Waals surface area contributed by atoms with E-state index in [1.54, 1.807) is 31.3 Å². The molecule has 0 atom stereocenters. The minimum absolute atomic E-state index is 0.293. The van der Waals surface area contributed by atoms with Gasteiger partial charge in [-0.05, 0) is 49.8 Å². The first-order valence-corrected chi connectivity index (χ1v) is 6.17. The van der Waals surface area contributed by atoms with Crippen LogP contribution in [0.1, 0.15) is 18.2 Å². The average molecular weight is 269 g/mol. The second kappa shape index (κ2) is 6.02. The lowest BCUT2D eigenvalue weighted by Crippen LogP contribution is -1.95. The van der Waals surface area contributed by atoms with Crippen molar-refractivity contribution in [3.63, 3.8) is 0 Å². The third-order valence-electron chi connectivity index (χ3n) is 2.72. The molecule has 20 heavy (non-hydrogen) atoms. The first-order valence-electron chi connectivity index (χ1n) is 6.17. The minimum Gasteiger partial charge on any atom is -0.478 e. The summed E-state index contributed by atoms with van der Waals surface area (Å²) >= 11 is 0. The fourth-order valence-corrected chi connectivity index (χ4v) is 1.59. The second-order valence-electron chi connectivity index (χ2n) is 4.44. The molecule has 2 rings (SSSR count). The number of aliphatic carboxylic acids is 1. The number of ether oxygens (including phenoxy) is 1. The van der Waals surface area contributed by atoms with Gasteiger partial charge in [-0.25, -0.2) is 4.79 Å². The third kappa shape index (κ3) is 3.68. The monoisotopic (exact) mass is 269 g/mol. The summed E-state index contributed by atoms with van der Waals surface area (Å²) in [6.07, 6.45) is 3.28. The van der Waals surface area contributed by atoms with Gasteiger partial charge in [-0.2, -0.15) is 0 Å². The SMILES string of the molecule is CC(=Cc1ccc(Oc2ccc(C)nc2)cc1)C(=O)O. The van der Waals surface area contributed by atoms with Crippen LogP contribution in [0.5, 0.6) is 11.5 Å². The lowest BCUT2D eigenvalue weighted by atomic mass is 10.1. The van der Waals surface area contributed by atoms with Gasteiger partial charge >= 0.3 is 5.97 Å². The Morgan fingerprint density at radius 1 is 1.15 bits per heavy atom. The van der Waals surface area contributed by atoms with Crippen LogP contribution in [0, 0.1) is 6.92 Å². The van der Waals surface area contributed by atoms with Crippen molar-refractivity contribution in [2.75, 3.05) is 0 Å². The van der Waals surface area contributed by atoms with Crippen LogP contribution in [-0.4, -0.2) is 16.1 Å². The number of carboxylic acid groups (broad SMARTS) is 1. The summed E-state index contributed by atoms with van der Waals surface area (Å²) in [7, 11) is 0. The van der Waals surface area contributed by atoms with Gasteiger partial charge < -0.3 is 9.84 Å². The van der Waals surface area contributed by atoms with Crippen LogP contribution >= 0.6 is 0 Å². The molecule has 0 spiro atoms. The van der Waals surface area contributed by atoms with E-state index in [-0.39, 0.29) is 0 Å². The Labute approximate surface area is 117 Å². The van der Waals surface area contributed by atoms with E-state index >= 15 is 0 Å². The summed E-state index contributed by atoms with van der Waals surface area (Å²) in [6.45, 7) is 3.47. The molecule has 0 bridgehead atoms. The number of rotatable bonds is 4. The number of benzene rings is 1. The van der Waals surface area contributed by atoms with Crippen molar-refractivity contribution in [1.29, 1.82) is 0 Å². The number of nitrogens with zero attached hydrogens (tertiary/aromatic N) is 1. The van der Waals surface area contributed by atoms with Crippen LogP contribution in [0.25, 0.3) is 6.08 Å². The Morgan fingerprint density at radius 3 is 2.35 bits per heavy atom. The molecule has 0 saturated heterocycles. The predicted octanol–water partition coefficient (Wildman–Crippen LogP) is 3.67. The molecule has 1 aromatic heterocycles. The maximum atomic E-state index is 10.7. The van der Waals surface area contributed by atoms with Crippen molar-refractivity contribution >= 4 is 12.0 Å². The van der Waals surface area contributed by atoms with Gasteiger partial charge in [0, 0.05) is 11.3 Å². The molecule has 0 fully saturated rings. The number of aromatic nitrogens is 1. The summed E-state index contributed by atoms with van der Waals surface area (Å²) in [5.41, 5.74) is 2.04. The van der Waals surface area contributed by atoms with Crippen LogP contribution in [0.3, 0.4) is 0 Å². The Kier molecular flexibility index (Phi) is 4.15. The van der Waals surface area contributed by atoms with Crippen molar-refractivity contribution in [1.82, 2.24) is 4.98 Å². The van der Waals surface area contributed by atoms with E-state index in [9.17, 15) is 4.79 Å². The number of carbonyl (C=O) groups is 1. The molecular formula is C16H15NO3. The van der Waals surface area contributed by atoms with Gasteiger partial charge in [-0.1, -0.05) is 12.1 Å². The summed E-state index contributed by atoms with van der Waals surface area (Å²) < 4.78 is 5.64. The summed E-state index contributed by atoms with van der Waals surface area (Å²) in [5, 5.41) is 8.82. The summed E-state index contributed by atoms with van der Waals surface area (Å²) in [6, 6.07) is 10.9. The Morgan fingerprint density at radius 2 is 1.80 bits per heavy atom. The number of aryl methyl sites for hydroxylation is 1. The van der Waals surface area contributed by atoms with Gasteiger partial charge in [0.15, 0.2) is 0 Å². The topological polar surface area (TPSA) is 59.4 Å². The number of carboxylic acids is 1. The highest BCUT2D eigenvalue weighted by molar-refractivity contribution is 5.91. The Balaban J connectivity index is 2.10. The minimum atomic E-state index is -0.920. The molecule has 0 saturated carbocycles. The van der Waals surface area contributed by atoms with Crippen LogP contribution < -0.4 is 4.74 Å². The highest BCUT2D eigenvalue weighted by Crippen LogP contribution is 2.21. The molecule has 0 aliphatic carbocycles. The lowest BCUT2D eigenvalue weighted by Gasteiger charge is -2.05. The molecule has 102 valence electrons. The Bertz CT molecular complexity index is 628. The molecule has 0 radical (unpaired) electrons. The first-order chi connectivity index (χ1) is 9.54. The van der Waals surface area contributed by atoms with E-state index in [1.165, 1.54) is 0 Å². The molecule has 1 heterocycles. The second-order valence-corrected chi connectivity index (χ2v) is 4.44. The van der Waals surface area contributed by atoms with E-state index in [0.717, 1.165) is 11.3 Å². The maximum absolute atomic E-state index is 10.7. The quantitative estimate of drug-likeness (QED) is 0.860. The van der Waals surface area contributed by atoms with Crippen molar-refractivity contribution in [2.45, 2.75) is 13.8 Å². The zero-order valence-electron chi connectivity index (χ0n) is 11.3. The van der Waals surface area contributed by atoms with Crippen LogP contribution in [0.2, 0.25) is 0 Å². The molecule has 4 heteroatoms. The lowest BCUT2D eigenvalue weighted by molar-refractivity contribution is -0.132. The summed E-state index contributed by atoms with van der Waals surface area (Å²) in [5.74, 6) is 0.428. The molecule has 2 aromatic rings. The molecular weight excluding hydrogens is 254 g/mol. The molecule has 0 aliphatic heterocycles. The van der Waals surface area contributed by atoms with Gasteiger partial charge in [0.25, 0.3) is 0 Å². The smallest absolute Gasteiger partial charge is 0.331 e. The molecule has 0 aliphatic rings. The van der Waals surface area contributed by atoms with Gasteiger partial charge in [0.2, 0.25) is 0 Å². The maximum Gasteiger partial charge on any atom is 0.331 e. The predicted molar refractivity (Wildman–Crippen MR) is 76.8 cm³/mol. The average Bonchev–Trinajstić information content (AvgIpc) is 2.43. The van der Waals surface area contributed by atoms with E-state index in [1.807, 2.05) is 31.2 Å². The number of hydrogen-bond acceptors (Lipinski definition) is 3. The molecule has 4 nitrogen and oxygen atoms in total. The van der Waals surface area contributed by atoms with Gasteiger partial charge in [0.1, 0.15) is 11.5 Å². The van der Waals surface area contributed by atoms with Crippen LogP contribution in [0.15, 0.2) is 48.2 Å². The summed E-state index contributed by atoms with van der Waals surface area (Å²) in [4.78, 5) is 14.9. The van der Waals surface area contributed by atoms with Crippen LogP contribution in [-0.2, 0) is 4.79 Å². The number of pyridine rings is 1. The zero-order valence-corrected chi connectivity index (χ0v) is 11.3. The fraction of sp³-hybridized carbons (Fsp3) is 0.125. The normalized spacial score (nSPS) is 11.2. The van der Waals surface area contributed by atoms with Gasteiger partial charge in [-0.3, -0.25) is 4.98 Å². The van der Waals surface area contributed by atoms with E-state index in [0.29, 0.717) is 17.1 Å². The van der Waals surface area contributed by atoms with Gasteiger partial charge in [0.05, 0.1) is 6.20 Å². The standard InChI is InChI=1S/C16H15NO3/c1-11(16(18)19)9-13-4-7-14(8-5-13)20-15-6-3-12(2)17-10-15/h3-10H,1-2H3,(H,18,19). The fourth-order valence-electron chi connectivity index (χ4n) is 1.59. The van der Waals surface area contributed by atoms with E-state index in [2.05, 4.69) is 4.98 Å². The van der Waals surface area contributed by atoms with Crippen molar-refractivity contribution in [3.05, 3.63) is 59.4 Å². The highest BCUT2D eigenvalue weighted by atomic mass is 16.5. The largest absolute Gasteiger partial charge is 0.478 e. The van der Waals surface area contributed by atoms with Crippen LogP contribution in [0.4, 0.5) is 0 Å². The molecule has 1 N–H and O–H groups in total.